The van der Waals surface area contributed by atoms with Gasteiger partial charge in [0.25, 0.3) is 5.91 Å². The van der Waals surface area contributed by atoms with Crippen molar-refractivity contribution in [2.45, 2.75) is 11.8 Å². The predicted octanol–water partition coefficient (Wildman–Crippen LogP) is 5.25. The molecule has 2 aromatic carbocycles. The summed E-state index contributed by atoms with van der Waals surface area (Å²) in [6.07, 6.45) is 0. The van der Waals surface area contributed by atoms with Crippen molar-refractivity contribution in [3.05, 3.63) is 63.0 Å². The number of fused-ring (bicyclic) bond motifs is 1. The Balaban J connectivity index is 1.72. The molecule has 1 fully saturated rings. The fraction of sp³-hybridized carbons (Fsp3) is 0.158. The summed E-state index contributed by atoms with van der Waals surface area (Å²) in [5.41, 5.74) is 2.98. The number of thioether (sulfide) groups is 2. The highest BCUT2D eigenvalue weighted by molar-refractivity contribution is 8.19. The molecule has 0 saturated carbocycles. The summed E-state index contributed by atoms with van der Waals surface area (Å²) in [5, 5.41) is 2.29. The summed E-state index contributed by atoms with van der Waals surface area (Å²) in [5.74, 6) is -0.0319. The number of carbonyl (C=O) groups excluding carboxylic acids is 1. The number of nitrogens with zero attached hydrogens (tertiary/aromatic N) is 3. The Bertz CT molecular complexity index is 986. The average molecular weight is 402 g/mol. The molecule has 0 unspecified atom stereocenters. The summed E-state index contributed by atoms with van der Waals surface area (Å²) in [7, 11) is 3.73. The number of likely N-dealkylation sites (N-methyl/N-ethyl adjacent to an activating group) is 1. The topological polar surface area (TPSA) is 35.9 Å². The number of carbonyl (C=O) groups is 1. The van der Waals surface area contributed by atoms with Crippen molar-refractivity contribution in [2.75, 3.05) is 19.0 Å². The predicted molar refractivity (Wildman–Crippen MR) is 111 cm³/mol. The average Bonchev–Trinajstić information content (AvgIpc) is 3.08. The van der Waals surface area contributed by atoms with Gasteiger partial charge in [0.15, 0.2) is 5.17 Å². The number of hydrogen-bond donors (Lipinski definition) is 0. The van der Waals surface area contributed by atoms with Crippen molar-refractivity contribution >= 4 is 57.6 Å². The minimum absolute atomic E-state index is 0.0319. The lowest BCUT2D eigenvalue weighted by molar-refractivity contribution is -0.121. The van der Waals surface area contributed by atoms with Crippen molar-refractivity contribution in [2.24, 2.45) is 4.99 Å². The van der Waals surface area contributed by atoms with Crippen molar-refractivity contribution in [1.29, 1.82) is 0 Å². The van der Waals surface area contributed by atoms with Gasteiger partial charge in [-0.2, -0.15) is 0 Å². The molecule has 4 rings (SSSR count). The number of hydrogen-bond acceptors (Lipinski definition) is 5. The number of amides is 1. The van der Waals surface area contributed by atoms with Crippen LogP contribution < -0.4 is 4.90 Å². The molecule has 2 aliphatic heterocycles. The van der Waals surface area contributed by atoms with E-state index in [1.165, 1.54) is 11.8 Å². The zero-order valence-corrected chi connectivity index (χ0v) is 16.9. The lowest BCUT2D eigenvalue weighted by Gasteiger charge is -2.14. The maximum atomic E-state index is 12.8. The zero-order chi connectivity index (χ0) is 18.4. The number of benzene rings is 2. The molecular weight excluding hydrogens is 386 g/mol. The van der Waals surface area contributed by atoms with Crippen LogP contribution in [0.2, 0.25) is 5.02 Å². The van der Waals surface area contributed by atoms with Gasteiger partial charge in [-0.25, -0.2) is 4.99 Å². The van der Waals surface area contributed by atoms with E-state index in [1.54, 1.807) is 23.7 Å². The Morgan fingerprint density at radius 3 is 2.58 bits per heavy atom. The van der Waals surface area contributed by atoms with E-state index in [9.17, 15) is 4.79 Å². The molecule has 1 saturated heterocycles. The van der Waals surface area contributed by atoms with Gasteiger partial charge >= 0.3 is 0 Å². The summed E-state index contributed by atoms with van der Waals surface area (Å²) in [6.45, 7) is 2.02. The van der Waals surface area contributed by atoms with Crippen LogP contribution in [-0.2, 0) is 4.79 Å². The lowest BCUT2D eigenvalue weighted by Crippen LogP contribution is -2.24. The van der Waals surface area contributed by atoms with E-state index in [0.29, 0.717) is 15.1 Å². The summed E-state index contributed by atoms with van der Waals surface area (Å²) < 4.78 is 0. The smallest absolute Gasteiger partial charge is 0.269 e. The van der Waals surface area contributed by atoms with Crippen molar-refractivity contribution < 1.29 is 4.79 Å². The third-order valence-electron chi connectivity index (χ3n) is 4.30. The molecule has 0 radical (unpaired) electrons. The molecule has 2 aromatic rings. The molecular formula is C19H16ClN3OS2. The molecule has 0 aromatic heterocycles. The third-order valence-corrected chi connectivity index (χ3v) is 7.02. The van der Waals surface area contributed by atoms with Crippen LogP contribution in [-0.4, -0.2) is 30.1 Å². The number of rotatable bonds is 1. The first-order valence-electron chi connectivity index (χ1n) is 8.01. The minimum atomic E-state index is -0.0319. The van der Waals surface area contributed by atoms with Gasteiger partial charge < -0.3 is 4.90 Å². The van der Waals surface area contributed by atoms with Crippen LogP contribution in [0.1, 0.15) is 5.56 Å². The fourth-order valence-corrected chi connectivity index (χ4v) is 5.26. The highest BCUT2D eigenvalue weighted by Crippen LogP contribution is 2.50. The number of halogens is 1. The summed E-state index contributed by atoms with van der Waals surface area (Å²) in [4.78, 5) is 23.0. The fourth-order valence-electron chi connectivity index (χ4n) is 2.79. The van der Waals surface area contributed by atoms with Gasteiger partial charge in [0.1, 0.15) is 4.91 Å². The molecule has 4 nitrogen and oxygen atoms in total. The summed E-state index contributed by atoms with van der Waals surface area (Å²) >= 11 is 9.13. The molecule has 0 bridgehead atoms. The molecule has 132 valence electrons. The largest absolute Gasteiger partial charge is 0.337 e. The molecule has 2 aliphatic rings. The Morgan fingerprint density at radius 1 is 1.04 bits per heavy atom. The Morgan fingerprint density at radius 2 is 1.81 bits per heavy atom. The van der Waals surface area contributed by atoms with Gasteiger partial charge in [-0.3, -0.25) is 9.69 Å². The zero-order valence-electron chi connectivity index (χ0n) is 14.5. The molecule has 7 heteroatoms. The number of amidine groups is 1. The van der Waals surface area contributed by atoms with E-state index in [-0.39, 0.29) is 5.91 Å². The number of aryl methyl sites for hydroxylation is 1. The van der Waals surface area contributed by atoms with E-state index >= 15 is 0 Å². The van der Waals surface area contributed by atoms with Crippen molar-refractivity contribution in [3.8, 4) is 0 Å². The first kappa shape index (κ1) is 17.5. The van der Waals surface area contributed by atoms with Gasteiger partial charge in [0.05, 0.1) is 16.4 Å². The SMILES string of the molecule is Cc1ccccc1N=C1S/C(=C2\Sc3ccc(Cl)cc3N2C)C(=O)N1C. The van der Waals surface area contributed by atoms with Crippen LogP contribution in [0.25, 0.3) is 0 Å². The molecule has 0 spiro atoms. The second-order valence-corrected chi connectivity index (χ2v) is 8.50. The molecule has 2 heterocycles. The van der Waals surface area contributed by atoms with Crippen LogP contribution in [0.5, 0.6) is 0 Å². The normalized spacial score (nSPS) is 21.1. The molecule has 0 N–H and O–H groups in total. The molecule has 0 aliphatic carbocycles. The Kier molecular flexibility index (Phi) is 4.50. The summed E-state index contributed by atoms with van der Waals surface area (Å²) in [6, 6.07) is 13.7. The third kappa shape index (κ3) is 2.92. The first-order valence-corrected chi connectivity index (χ1v) is 10.0. The minimum Gasteiger partial charge on any atom is -0.337 e. The maximum absolute atomic E-state index is 12.8. The monoisotopic (exact) mass is 401 g/mol. The second kappa shape index (κ2) is 6.68. The Labute approximate surface area is 165 Å². The highest BCUT2D eigenvalue weighted by atomic mass is 35.5. The van der Waals surface area contributed by atoms with Gasteiger partial charge in [0.2, 0.25) is 0 Å². The van der Waals surface area contributed by atoms with Crippen LogP contribution in [0.15, 0.2) is 62.3 Å². The van der Waals surface area contributed by atoms with Gasteiger partial charge in [-0.1, -0.05) is 41.6 Å². The van der Waals surface area contributed by atoms with Crippen molar-refractivity contribution in [3.63, 3.8) is 0 Å². The lowest BCUT2D eigenvalue weighted by atomic mass is 10.2. The first-order chi connectivity index (χ1) is 12.5. The van der Waals surface area contributed by atoms with E-state index in [4.69, 9.17) is 16.6 Å². The van der Waals surface area contributed by atoms with E-state index in [0.717, 1.165) is 26.9 Å². The van der Waals surface area contributed by atoms with Gasteiger partial charge in [-0.05, 0) is 48.5 Å². The number of para-hydroxylation sites is 1. The van der Waals surface area contributed by atoms with E-state index in [2.05, 4.69) is 0 Å². The highest BCUT2D eigenvalue weighted by Gasteiger charge is 2.37. The van der Waals surface area contributed by atoms with Gasteiger partial charge in [0, 0.05) is 24.0 Å². The Hall–Kier alpha value is -1.89. The van der Waals surface area contributed by atoms with Gasteiger partial charge in [-0.15, -0.1) is 0 Å². The van der Waals surface area contributed by atoms with Crippen LogP contribution in [0, 0.1) is 6.92 Å². The van der Waals surface area contributed by atoms with Crippen molar-refractivity contribution in [1.82, 2.24) is 4.90 Å². The quantitative estimate of drug-likeness (QED) is 0.611. The van der Waals surface area contributed by atoms with Crippen LogP contribution in [0.3, 0.4) is 0 Å². The van der Waals surface area contributed by atoms with Crippen LogP contribution in [0.4, 0.5) is 11.4 Å². The van der Waals surface area contributed by atoms with E-state index < -0.39 is 0 Å². The second-order valence-electron chi connectivity index (χ2n) is 6.05. The number of aliphatic imine (C=N–C) groups is 1. The maximum Gasteiger partial charge on any atom is 0.269 e. The van der Waals surface area contributed by atoms with E-state index in [1.807, 2.05) is 61.3 Å². The standard InChI is InChI=1S/C19H16ClN3OS2/c1-11-6-4-5-7-13(11)21-19-23(3)17(24)16(26-19)18-22(2)14-10-12(20)8-9-15(14)25-18/h4-10H,1-3H3/b18-16-,21-19?. The number of anilines is 1. The molecule has 26 heavy (non-hydrogen) atoms. The van der Waals surface area contributed by atoms with Crippen LogP contribution >= 0.6 is 35.1 Å². The molecule has 0 atom stereocenters. The molecule has 1 amide bonds.